The number of carbonyl (C=O) groups is 2. The topological polar surface area (TPSA) is 75.4 Å². The molecule has 1 N–H and O–H groups in total. The van der Waals surface area contributed by atoms with Crippen LogP contribution in [0.4, 0.5) is 8.78 Å². The molecule has 2 amide bonds. The summed E-state index contributed by atoms with van der Waals surface area (Å²) in [6, 6.07) is 9.92. The van der Waals surface area contributed by atoms with Gasteiger partial charge in [-0.15, -0.1) is 23.1 Å². The van der Waals surface area contributed by atoms with Crippen molar-refractivity contribution >= 4 is 45.9 Å². The van der Waals surface area contributed by atoms with Crippen LogP contribution in [0.1, 0.15) is 25.9 Å². The second-order valence-electron chi connectivity index (χ2n) is 7.81. The summed E-state index contributed by atoms with van der Waals surface area (Å²) in [7, 11) is 0. The molecule has 0 bridgehead atoms. The van der Waals surface area contributed by atoms with Crippen LogP contribution in [0.2, 0.25) is 0 Å². The van der Waals surface area contributed by atoms with Crippen LogP contribution in [-0.2, 0) is 0 Å². The van der Waals surface area contributed by atoms with Gasteiger partial charge in [0.15, 0.2) is 11.4 Å². The van der Waals surface area contributed by atoms with Crippen molar-refractivity contribution in [2.75, 3.05) is 18.2 Å². The maximum atomic E-state index is 13.9. The summed E-state index contributed by atoms with van der Waals surface area (Å²) in [4.78, 5) is 33.1. The number of thioether (sulfide) groups is 1. The number of halogens is 2. The van der Waals surface area contributed by atoms with Crippen LogP contribution in [0, 0.1) is 18.6 Å². The lowest BCUT2D eigenvalue weighted by atomic mass is 10.1. The molecule has 0 unspecified atom stereocenters. The first kappa shape index (κ1) is 22.5. The third kappa shape index (κ3) is 4.19. The van der Waals surface area contributed by atoms with Gasteiger partial charge in [0.25, 0.3) is 11.8 Å². The molecule has 10 heteroatoms. The summed E-state index contributed by atoms with van der Waals surface area (Å²) in [5.41, 5.74) is 1.40. The molecule has 1 saturated heterocycles. The molecule has 1 aliphatic heterocycles. The highest BCUT2D eigenvalue weighted by Crippen LogP contribution is 2.33. The minimum Gasteiger partial charge on any atom is -0.461 e. The molecule has 3 heterocycles. The zero-order valence-corrected chi connectivity index (χ0v) is 19.6. The van der Waals surface area contributed by atoms with Gasteiger partial charge in [-0.2, -0.15) is 0 Å². The van der Waals surface area contributed by atoms with Crippen molar-refractivity contribution in [1.82, 2.24) is 15.2 Å². The van der Waals surface area contributed by atoms with E-state index in [2.05, 4.69) is 10.3 Å². The van der Waals surface area contributed by atoms with Crippen molar-refractivity contribution in [2.45, 2.75) is 13.0 Å². The van der Waals surface area contributed by atoms with Gasteiger partial charge in [-0.05, 0) is 42.8 Å². The number of thiazole rings is 1. The molecule has 5 rings (SSSR count). The minimum absolute atomic E-state index is 0.0353. The molecule has 1 atom stereocenters. The van der Waals surface area contributed by atoms with E-state index in [9.17, 15) is 18.4 Å². The third-order valence-electron chi connectivity index (χ3n) is 5.60. The standard InChI is InChI=1S/C24H19F2N3O3S2/c1-13-28-20(22(34-13)14-2-4-15(25)5-3-14)24(31)29-12-33-11-16(29)10-27-23(30)18-6-7-19(26)21-17(18)8-9-32-21/h2-9,16H,10-12H2,1H3,(H,27,30)/t16-/m1/s1. The summed E-state index contributed by atoms with van der Waals surface area (Å²) < 4.78 is 32.4. The van der Waals surface area contributed by atoms with E-state index >= 15 is 0 Å². The molecule has 6 nitrogen and oxygen atoms in total. The van der Waals surface area contributed by atoms with E-state index in [1.807, 2.05) is 6.92 Å². The van der Waals surface area contributed by atoms with Gasteiger partial charge in [0.1, 0.15) is 11.5 Å². The lowest BCUT2D eigenvalue weighted by molar-refractivity contribution is 0.0732. The second-order valence-corrected chi connectivity index (χ2v) is 10.0. The molecule has 34 heavy (non-hydrogen) atoms. The normalized spacial score (nSPS) is 15.7. The number of carbonyl (C=O) groups excluding carboxylic acids is 2. The Kier molecular flexibility index (Phi) is 6.09. The second kappa shape index (κ2) is 9.19. The Bertz CT molecular complexity index is 1380. The van der Waals surface area contributed by atoms with Crippen LogP contribution < -0.4 is 5.32 Å². The van der Waals surface area contributed by atoms with Crippen molar-refractivity contribution in [2.24, 2.45) is 0 Å². The fourth-order valence-corrected chi connectivity index (χ4v) is 6.03. The van der Waals surface area contributed by atoms with Gasteiger partial charge in [0, 0.05) is 17.7 Å². The number of nitrogens with zero attached hydrogens (tertiary/aromatic N) is 2. The number of furan rings is 1. The van der Waals surface area contributed by atoms with Gasteiger partial charge >= 0.3 is 0 Å². The molecule has 174 valence electrons. The van der Waals surface area contributed by atoms with E-state index in [0.717, 1.165) is 10.6 Å². The summed E-state index contributed by atoms with van der Waals surface area (Å²) in [5, 5.41) is 4.00. The smallest absolute Gasteiger partial charge is 0.275 e. The number of hydrogen-bond donors (Lipinski definition) is 1. The summed E-state index contributed by atoms with van der Waals surface area (Å²) in [6.07, 6.45) is 1.34. The number of hydrogen-bond acceptors (Lipinski definition) is 6. The Hall–Kier alpha value is -3.24. The van der Waals surface area contributed by atoms with E-state index < -0.39 is 5.82 Å². The Morgan fingerprint density at radius 2 is 1.97 bits per heavy atom. The Morgan fingerprint density at radius 1 is 1.18 bits per heavy atom. The van der Waals surface area contributed by atoms with E-state index in [4.69, 9.17) is 4.42 Å². The van der Waals surface area contributed by atoms with Crippen LogP contribution in [0.3, 0.4) is 0 Å². The first-order valence-electron chi connectivity index (χ1n) is 10.5. The quantitative estimate of drug-likeness (QED) is 0.414. The molecule has 4 aromatic rings. The van der Waals surface area contributed by atoms with Crippen molar-refractivity contribution in [3.63, 3.8) is 0 Å². The van der Waals surface area contributed by atoms with Gasteiger partial charge in [0.05, 0.1) is 33.6 Å². The number of benzene rings is 2. The minimum atomic E-state index is -0.531. The fourth-order valence-electron chi connectivity index (χ4n) is 3.91. The molecule has 1 aliphatic rings. The van der Waals surface area contributed by atoms with Crippen LogP contribution >= 0.6 is 23.1 Å². The average molecular weight is 500 g/mol. The van der Waals surface area contributed by atoms with Crippen LogP contribution in [-0.4, -0.2) is 45.9 Å². The van der Waals surface area contributed by atoms with Crippen molar-refractivity contribution in [3.05, 3.63) is 76.6 Å². The van der Waals surface area contributed by atoms with Crippen LogP contribution in [0.25, 0.3) is 21.4 Å². The summed E-state index contributed by atoms with van der Waals surface area (Å²) in [5.74, 6) is -0.346. The highest BCUT2D eigenvalue weighted by atomic mass is 32.2. The average Bonchev–Trinajstić information content (AvgIpc) is 3.57. The van der Waals surface area contributed by atoms with E-state index in [0.29, 0.717) is 33.2 Å². The molecular formula is C24H19F2N3O3S2. The number of aromatic nitrogens is 1. The van der Waals surface area contributed by atoms with Gasteiger partial charge in [-0.3, -0.25) is 9.59 Å². The lowest BCUT2D eigenvalue weighted by Gasteiger charge is -2.24. The maximum Gasteiger partial charge on any atom is 0.275 e. The Labute approximate surface area is 202 Å². The first-order valence-corrected chi connectivity index (χ1v) is 12.5. The predicted molar refractivity (Wildman–Crippen MR) is 128 cm³/mol. The maximum absolute atomic E-state index is 13.9. The lowest BCUT2D eigenvalue weighted by Crippen LogP contribution is -2.44. The highest BCUT2D eigenvalue weighted by Gasteiger charge is 2.33. The number of fused-ring (bicyclic) bond motifs is 1. The molecule has 0 spiro atoms. The van der Waals surface area contributed by atoms with Gasteiger partial charge in [-0.1, -0.05) is 12.1 Å². The summed E-state index contributed by atoms with van der Waals surface area (Å²) in [6.45, 7) is 2.06. The Morgan fingerprint density at radius 3 is 2.76 bits per heavy atom. The van der Waals surface area contributed by atoms with Gasteiger partial charge in [0.2, 0.25) is 0 Å². The predicted octanol–water partition coefficient (Wildman–Crippen LogP) is 5.09. The SMILES string of the molecule is Cc1nc(C(=O)N2CSC[C@H]2CNC(=O)c2ccc(F)c3occc23)c(-c2ccc(F)cc2)s1. The van der Waals surface area contributed by atoms with Crippen molar-refractivity contribution in [1.29, 1.82) is 0 Å². The largest absolute Gasteiger partial charge is 0.461 e. The van der Waals surface area contributed by atoms with Crippen molar-refractivity contribution in [3.8, 4) is 10.4 Å². The number of rotatable bonds is 5. The molecular weight excluding hydrogens is 480 g/mol. The van der Waals surface area contributed by atoms with E-state index in [1.165, 1.54) is 41.9 Å². The van der Waals surface area contributed by atoms with Crippen LogP contribution in [0.5, 0.6) is 0 Å². The number of nitrogens with one attached hydrogen (secondary N) is 1. The van der Waals surface area contributed by atoms with Gasteiger partial charge < -0.3 is 14.6 Å². The molecule has 0 radical (unpaired) electrons. The molecule has 2 aromatic heterocycles. The first-order chi connectivity index (χ1) is 16.4. The third-order valence-corrected chi connectivity index (χ3v) is 7.70. The molecule has 0 saturated carbocycles. The highest BCUT2D eigenvalue weighted by molar-refractivity contribution is 7.99. The van der Waals surface area contributed by atoms with Crippen molar-refractivity contribution < 1.29 is 22.8 Å². The Balaban J connectivity index is 1.33. The van der Waals surface area contributed by atoms with E-state index in [1.54, 1.807) is 34.9 Å². The molecule has 0 aliphatic carbocycles. The number of amides is 2. The fraction of sp³-hybridized carbons (Fsp3) is 0.208. The molecule has 2 aromatic carbocycles. The zero-order chi connectivity index (χ0) is 23.8. The monoisotopic (exact) mass is 499 g/mol. The molecule has 1 fully saturated rings. The number of aryl methyl sites for hydroxylation is 1. The van der Waals surface area contributed by atoms with E-state index in [-0.39, 0.29) is 35.8 Å². The van der Waals surface area contributed by atoms with Gasteiger partial charge in [-0.25, -0.2) is 13.8 Å². The zero-order valence-electron chi connectivity index (χ0n) is 18.0. The van der Waals surface area contributed by atoms with Crippen LogP contribution in [0.15, 0.2) is 53.1 Å². The summed E-state index contributed by atoms with van der Waals surface area (Å²) >= 11 is 2.98.